The van der Waals surface area contributed by atoms with Crippen molar-refractivity contribution < 1.29 is 14.7 Å². The number of carboxylic acid groups (broad SMARTS) is 1. The molecule has 1 aromatic heterocycles. The summed E-state index contributed by atoms with van der Waals surface area (Å²) >= 11 is 1.53. The molecule has 0 radical (unpaired) electrons. The molecule has 0 spiro atoms. The van der Waals surface area contributed by atoms with Crippen molar-refractivity contribution in [2.45, 2.75) is 45.7 Å². The second-order valence-corrected chi connectivity index (χ2v) is 6.94. The number of rotatable bonds is 2. The lowest BCUT2D eigenvalue weighted by Crippen LogP contribution is -2.44. The maximum absolute atomic E-state index is 12.2. The fourth-order valence-corrected chi connectivity index (χ4v) is 3.82. The van der Waals surface area contributed by atoms with Crippen LogP contribution in [0.2, 0.25) is 0 Å². The van der Waals surface area contributed by atoms with Crippen LogP contribution in [0.3, 0.4) is 0 Å². The van der Waals surface area contributed by atoms with E-state index in [4.69, 9.17) is 0 Å². The molecule has 1 N–H and O–H groups in total. The SMILES string of the molecule is Cc1ccsc1C1C(C(=O)O)CC(=O)N1C(C)(C)C. The van der Waals surface area contributed by atoms with Crippen molar-refractivity contribution in [2.75, 3.05) is 0 Å². The Kier molecular flexibility index (Phi) is 3.43. The Morgan fingerprint density at radius 3 is 2.53 bits per heavy atom. The Balaban J connectivity index is 2.51. The molecule has 19 heavy (non-hydrogen) atoms. The molecule has 1 aliphatic heterocycles. The standard InChI is InChI=1S/C14H19NO3S/c1-8-5-6-19-12(8)11-9(13(17)18)7-10(16)15(11)14(2,3)4/h5-6,9,11H,7H2,1-4H3,(H,17,18). The van der Waals surface area contributed by atoms with Gasteiger partial charge in [0.15, 0.2) is 0 Å². The number of hydrogen-bond acceptors (Lipinski definition) is 3. The fourth-order valence-electron chi connectivity index (χ4n) is 2.73. The van der Waals surface area contributed by atoms with Crippen molar-refractivity contribution in [3.8, 4) is 0 Å². The number of likely N-dealkylation sites (tertiary alicyclic amines) is 1. The summed E-state index contributed by atoms with van der Waals surface area (Å²) in [5.74, 6) is -1.61. The van der Waals surface area contributed by atoms with Gasteiger partial charge in [-0.25, -0.2) is 0 Å². The van der Waals surface area contributed by atoms with E-state index in [9.17, 15) is 14.7 Å². The fraction of sp³-hybridized carbons (Fsp3) is 0.571. The summed E-state index contributed by atoms with van der Waals surface area (Å²) in [5.41, 5.74) is 0.688. The molecule has 1 aliphatic rings. The quantitative estimate of drug-likeness (QED) is 0.907. The summed E-state index contributed by atoms with van der Waals surface area (Å²) in [5, 5.41) is 11.4. The predicted molar refractivity (Wildman–Crippen MR) is 74.1 cm³/mol. The number of hydrogen-bond donors (Lipinski definition) is 1. The Labute approximate surface area is 117 Å². The van der Waals surface area contributed by atoms with Gasteiger partial charge in [0.1, 0.15) is 0 Å². The number of carbonyl (C=O) groups excluding carboxylic acids is 1. The van der Waals surface area contributed by atoms with E-state index in [1.165, 1.54) is 11.3 Å². The first-order chi connectivity index (χ1) is 8.73. The molecule has 5 heteroatoms. The van der Waals surface area contributed by atoms with E-state index in [2.05, 4.69) is 0 Å². The molecule has 4 nitrogen and oxygen atoms in total. The van der Waals surface area contributed by atoms with Gasteiger partial charge in [-0.1, -0.05) is 0 Å². The molecule has 0 aromatic carbocycles. The minimum Gasteiger partial charge on any atom is -0.481 e. The number of aliphatic carboxylic acids is 1. The van der Waals surface area contributed by atoms with Gasteiger partial charge in [-0.05, 0) is 44.7 Å². The first-order valence-electron chi connectivity index (χ1n) is 6.32. The molecular formula is C14H19NO3S. The lowest BCUT2D eigenvalue weighted by Gasteiger charge is -2.38. The molecule has 0 aliphatic carbocycles. The van der Waals surface area contributed by atoms with Crippen LogP contribution in [0.15, 0.2) is 11.4 Å². The van der Waals surface area contributed by atoms with Crippen molar-refractivity contribution in [3.05, 3.63) is 21.9 Å². The minimum absolute atomic E-state index is 0.0716. The number of thiophene rings is 1. The molecule has 2 rings (SSSR count). The molecular weight excluding hydrogens is 262 g/mol. The van der Waals surface area contributed by atoms with Gasteiger partial charge in [0, 0.05) is 16.8 Å². The monoisotopic (exact) mass is 281 g/mol. The van der Waals surface area contributed by atoms with Crippen molar-refractivity contribution in [1.29, 1.82) is 0 Å². The highest BCUT2D eigenvalue weighted by atomic mass is 32.1. The Hall–Kier alpha value is -1.36. The number of nitrogens with zero attached hydrogens (tertiary/aromatic N) is 1. The molecule has 1 aromatic rings. The molecule has 1 fully saturated rings. The predicted octanol–water partition coefficient (Wildman–Crippen LogP) is 2.83. The third-order valence-corrected chi connectivity index (χ3v) is 4.62. The second-order valence-electron chi connectivity index (χ2n) is 6.00. The average Bonchev–Trinajstić information content (AvgIpc) is 2.80. The summed E-state index contributed by atoms with van der Waals surface area (Å²) < 4.78 is 0. The molecule has 2 heterocycles. The van der Waals surface area contributed by atoms with Crippen LogP contribution in [-0.2, 0) is 9.59 Å². The van der Waals surface area contributed by atoms with Crippen molar-refractivity contribution >= 4 is 23.2 Å². The van der Waals surface area contributed by atoms with Crippen LogP contribution >= 0.6 is 11.3 Å². The van der Waals surface area contributed by atoms with Crippen molar-refractivity contribution in [3.63, 3.8) is 0 Å². The third-order valence-electron chi connectivity index (χ3n) is 3.53. The minimum atomic E-state index is -0.891. The van der Waals surface area contributed by atoms with Crippen LogP contribution in [0.25, 0.3) is 0 Å². The Morgan fingerprint density at radius 2 is 2.11 bits per heavy atom. The van der Waals surface area contributed by atoms with Crippen LogP contribution in [0, 0.1) is 12.8 Å². The smallest absolute Gasteiger partial charge is 0.309 e. The first kappa shape index (κ1) is 14.1. The zero-order valence-electron chi connectivity index (χ0n) is 11.6. The highest BCUT2D eigenvalue weighted by Crippen LogP contribution is 2.45. The van der Waals surface area contributed by atoms with Gasteiger partial charge in [0.25, 0.3) is 0 Å². The van der Waals surface area contributed by atoms with Crippen LogP contribution in [0.1, 0.15) is 43.7 Å². The molecule has 2 atom stereocenters. The van der Waals surface area contributed by atoms with Gasteiger partial charge in [-0.2, -0.15) is 0 Å². The van der Waals surface area contributed by atoms with Gasteiger partial charge < -0.3 is 10.0 Å². The summed E-state index contributed by atoms with van der Waals surface area (Å²) in [4.78, 5) is 26.4. The van der Waals surface area contributed by atoms with Gasteiger partial charge in [-0.3, -0.25) is 9.59 Å². The molecule has 0 bridgehead atoms. The molecule has 1 saturated heterocycles. The Morgan fingerprint density at radius 1 is 1.47 bits per heavy atom. The summed E-state index contributed by atoms with van der Waals surface area (Å²) in [6.45, 7) is 7.82. The molecule has 0 saturated carbocycles. The van der Waals surface area contributed by atoms with E-state index in [0.717, 1.165) is 10.4 Å². The van der Waals surface area contributed by atoms with Gasteiger partial charge in [0.05, 0.1) is 12.0 Å². The van der Waals surface area contributed by atoms with E-state index in [1.807, 2.05) is 39.1 Å². The lowest BCUT2D eigenvalue weighted by molar-refractivity contribution is -0.142. The van der Waals surface area contributed by atoms with Gasteiger partial charge in [-0.15, -0.1) is 11.3 Å². The van der Waals surface area contributed by atoms with Crippen molar-refractivity contribution in [1.82, 2.24) is 4.90 Å². The van der Waals surface area contributed by atoms with Gasteiger partial charge >= 0.3 is 5.97 Å². The summed E-state index contributed by atoms with van der Waals surface area (Å²) in [6, 6.07) is 1.63. The molecule has 1 amide bonds. The van der Waals surface area contributed by atoms with E-state index >= 15 is 0 Å². The van der Waals surface area contributed by atoms with Crippen LogP contribution < -0.4 is 0 Å². The van der Waals surface area contributed by atoms with E-state index in [-0.39, 0.29) is 23.9 Å². The van der Waals surface area contributed by atoms with E-state index < -0.39 is 11.9 Å². The Bertz CT molecular complexity index is 515. The van der Waals surface area contributed by atoms with Crippen molar-refractivity contribution in [2.24, 2.45) is 5.92 Å². The van der Waals surface area contributed by atoms with Crippen LogP contribution in [0.4, 0.5) is 0 Å². The lowest BCUT2D eigenvalue weighted by atomic mass is 9.95. The largest absolute Gasteiger partial charge is 0.481 e. The number of carboxylic acids is 1. The molecule has 104 valence electrons. The van der Waals surface area contributed by atoms with Gasteiger partial charge in [0.2, 0.25) is 5.91 Å². The normalized spacial score (nSPS) is 24.0. The van der Waals surface area contributed by atoms with Crippen LogP contribution in [-0.4, -0.2) is 27.4 Å². The summed E-state index contributed by atoms with van der Waals surface area (Å²) in [6.07, 6.45) is 0.0919. The van der Waals surface area contributed by atoms with E-state index in [0.29, 0.717) is 0 Å². The zero-order valence-corrected chi connectivity index (χ0v) is 12.5. The van der Waals surface area contributed by atoms with E-state index in [1.54, 1.807) is 4.90 Å². The highest BCUT2D eigenvalue weighted by Gasteiger charge is 2.49. The number of carbonyl (C=O) groups is 2. The zero-order chi connectivity index (χ0) is 14.4. The maximum atomic E-state index is 12.2. The average molecular weight is 281 g/mol. The maximum Gasteiger partial charge on any atom is 0.309 e. The van der Waals surface area contributed by atoms with Crippen LogP contribution in [0.5, 0.6) is 0 Å². The highest BCUT2D eigenvalue weighted by molar-refractivity contribution is 7.10. The first-order valence-corrected chi connectivity index (χ1v) is 7.20. The third kappa shape index (κ3) is 2.39. The molecule has 2 unspecified atom stereocenters. The number of aryl methyl sites for hydroxylation is 1. The second kappa shape index (κ2) is 4.63. The topological polar surface area (TPSA) is 57.6 Å². The summed E-state index contributed by atoms with van der Waals surface area (Å²) in [7, 11) is 0. The number of amides is 1.